The second kappa shape index (κ2) is 9.86. The van der Waals surface area contributed by atoms with Crippen LogP contribution in [-0.2, 0) is 34.5 Å². The lowest BCUT2D eigenvalue weighted by atomic mass is 10.0. The lowest BCUT2D eigenvalue weighted by molar-refractivity contribution is -0.174. The molecular weight excluding hydrogens is 477 g/mol. The number of ether oxygens (including phenoxy) is 4. The molecule has 5 rings (SSSR count). The van der Waals surface area contributed by atoms with E-state index in [1.165, 1.54) is 5.56 Å². The molecule has 3 aliphatic heterocycles. The van der Waals surface area contributed by atoms with Crippen LogP contribution in [0.15, 0.2) is 54.6 Å². The smallest absolute Gasteiger partial charge is 0.227 e. The maximum atomic E-state index is 14.8. The quantitative estimate of drug-likeness (QED) is 0.473. The van der Waals surface area contributed by atoms with Crippen molar-refractivity contribution in [1.82, 2.24) is 0 Å². The molecule has 2 aromatic rings. The maximum Gasteiger partial charge on any atom is 0.227 e. The minimum Gasteiger partial charge on any atom is -0.371 e. The van der Waals surface area contributed by atoms with Crippen LogP contribution in [0.3, 0.4) is 0 Å². The van der Waals surface area contributed by atoms with Gasteiger partial charge in [-0.05, 0) is 65.2 Å². The van der Waals surface area contributed by atoms with Crippen LogP contribution in [0, 0.1) is 6.92 Å². The van der Waals surface area contributed by atoms with Crippen LogP contribution in [0.25, 0.3) is 0 Å². The first-order chi connectivity index (χ1) is 17.0. The lowest BCUT2D eigenvalue weighted by Gasteiger charge is -2.44. The molecule has 3 heterocycles. The number of aryl methyl sites for hydroxylation is 2. The Kier molecular flexibility index (Phi) is 7.10. The van der Waals surface area contributed by atoms with Crippen LogP contribution >= 0.6 is 7.37 Å². The first-order valence-corrected chi connectivity index (χ1v) is 14.7. The number of hydrogen-bond acceptors (Lipinski definition) is 7. The fourth-order valence-electron chi connectivity index (χ4n) is 5.37. The van der Waals surface area contributed by atoms with E-state index < -0.39 is 49.1 Å². The van der Waals surface area contributed by atoms with E-state index in [4.69, 9.17) is 23.5 Å². The summed E-state index contributed by atoms with van der Waals surface area (Å²) in [5, 5.41) is 3.52. The molecule has 0 aliphatic carbocycles. The van der Waals surface area contributed by atoms with Gasteiger partial charge in [-0.15, -0.1) is 0 Å². The fraction of sp³-hybridized carbons (Fsp3) is 0.571. The van der Waals surface area contributed by atoms with Gasteiger partial charge in [-0.1, -0.05) is 48.0 Å². The number of fused-ring (bicyclic) bond motifs is 1. The Hall–Kier alpha value is -1.73. The van der Waals surface area contributed by atoms with Crippen LogP contribution < -0.4 is 5.32 Å². The van der Waals surface area contributed by atoms with E-state index in [9.17, 15) is 4.57 Å². The van der Waals surface area contributed by atoms with Gasteiger partial charge in [0.05, 0.1) is 6.61 Å². The van der Waals surface area contributed by atoms with Crippen molar-refractivity contribution in [3.8, 4) is 0 Å². The second-order valence-electron chi connectivity index (χ2n) is 11.0. The summed E-state index contributed by atoms with van der Waals surface area (Å²) in [4.78, 5) is 0. The summed E-state index contributed by atoms with van der Waals surface area (Å²) in [5.74, 6) is -2.11. The third kappa shape index (κ3) is 5.57. The third-order valence-electron chi connectivity index (χ3n) is 7.06. The average Bonchev–Trinajstić information content (AvgIpc) is 3.35. The second-order valence-corrected chi connectivity index (χ2v) is 13.7. The zero-order chi connectivity index (χ0) is 25.6. The summed E-state index contributed by atoms with van der Waals surface area (Å²) in [6.45, 7) is 9.94. The van der Waals surface area contributed by atoms with E-state index in [0.29, 0.717) is 12.8 Å². The number of hydrogen-bond donors (Lipinski definition) is 1. The zero-order valence-corrected chi connectivity index (χ0v) is 22.7. The highest BCUT2D eigenvalue weighted by Crippen LogP contribution is 2.62. The maximum absolute atomic E-state index is 14.8. The highest BCUT2D eigenvalue weighted by molar-refractivity contribution is 7.60. The Morgan fingerprint density at radius 1 is 0.889 bits per heavy atom. The van der Waals surface area contributed by atoms with Gasteiger partial charge in [0.15, 0.2) is 11.6 Å². The predicted octanol–water partition coefficient (Wildman–Crippen LogP) is 5.71. The molecule has 0 spiro atoms. The van der Waals surface area contributed by atoms with E-state index in [0.717, 1.165) is 24.1 Å². The Balaban J connectivity index is 1.45. The molecule has 8 heteroatoms. The van der Waals surface area contributed by atoms with Crippen LogP contribution in [-0.4, -0.2) is 54.5 Å². The molecule has 3 saturated heterocycles. The van der Waals surface area contributed by atoms with Gasteiger partial charge in [-0.25, -0.2) is 0 Å². The van der Waals surface area contributed by atoms with Crippen LogP contribution in [0.2, 0.25) is 0 Å². The predicted molar refractivity (Wildman–Crippen MR) is 139 cm³/mol. The minimum absolute atomic E-state index is 0.352. The first kappa shape index (κ1) is 25.9. The van der Waals surface area contributed by atoms with Crippen molar-refractivity contribution in [3.05, 3.63) is 65.7 Å². The van der Waals surface area contributed by atoms with E-state index in [1.807, 2.05) is 77.1 Å². The lowest BCUT2D eigenvalue weighted by Crippen LogP contribution is -2.56. The summed E-state index contributed by atoms with van der Waals surface area (Å²) in [7, 11) is -3.27. The summed E-state index contributed by atoms with van der Waals surface area (Å²) in [6, 6.07) is 18.3. The monoisotopic (exact) mass is 515 g/mol. The Morgan fingerprint density at radius 3 is 2.25 bits per heavy atom. The molecule has 7 nitrogen and oxygen atoms in total. The van der Waals surface area contributed by atoms with E-state index in [2.05, 4.69) is 17.4 Å². The van der Waals surface area contributed by atoms with E-state index in [1.54, 1.807) is 0 Å². The molecule has 0 amide bonds. The fourth-order valence-corrected chi connectivity index (χ4v) is 8.17. The molecule has 6 atom stereocenters. The molecule has 2 aromatic carbocycles. The highest BCUT2D eigenvalue weighted by atomic mass is 31.2. The van der Waals surface area contributed by atoms with Crippen molar-refractivity contribution in [1.29, 1.82) is 0 Å². The van der Waals surface area contributed by atoms with Gasteiger partial charge in [0, 0.05) is 11.8 Å². The molecule has 36 heavy (non-hydrogen) atoms. The molecule has 0 aromatic heterocycles. The molecule has 0 saturated carbocycles. The van der Waals surface area contributed by atoms with Crippen molar-refractivity contribution < 1.29 is 28.0 Å². The van der Waals surface area contributed by atoms with Crippen molar-refractivity contribution in [2.75, 3.05) is 18.1 Å². The van der Waals surface area contributed by atoms with E-state index in [-0.39, 0.29) is 0 Å². The molecular formula is C28H38NO6P. The van der Waals surface area contributed by atoms with Crippen LogP contribution in [0.5, 0.6) is 0 Å². The Labute approximate surface area is 214 Å². The van der Waals surface area contributed by atoms with Crippen LogP contribution in [0.1, 0.15) is 45.2 Å². The molecule has 3 fully saturated rings. The van der Waals surface area contributed by atoms with Gasteiger partial charge >= 0.3 is 0 Å². The number of benzene rings is 2. The number of nitrogens with one attached hydrogen (secondary N) is 1. The molecule has 0 unspecified atom stereocenters. The topological polar surface area (TPSA) is 75.2 Å². The summed E-state index contributed by atoms with van der Waals surface area (Å²) in [5.41, 5.74) is 3.26. The zero-order valence-electron chi connectivity index (χ0n) is 21.8. The molecule has 0 radical (unpaired) electrons. The highest BCUT2D eigenvalue weighted by Gasteiger charge is 2.62. The molecule has 1 N–H and O–H groups in total. The Morgan fingerprint density at radius 2 is 1.58 bits per heavy atom. The van der Waals surface area contributed by atoms with Crippen molar-refractivity contribution in [2.24, 2.45) is 0 Å². The Bertz CT molecular complexity index is 1090. The van der Waals surface area contributed by atoms with Gasteiger partial charge in [-0.2, -0.15) is 0 Å². The molecule has 196 valence electrons. The summed E-state index contributed by atoms with van der Waals surface area (Å²) in [6.07, 6.45) is 0.117. The standard InChI is InChI=1S/C28H38NO6P/c1-19-13-15-21(16-14-19)29-26-25-24(33-28(4,5)34-25)23(22-18-31-27(2,3)32-22)35-36(26,30)17-9-12-20-10-7-6-8-11-20/h6-8,10-11,13-16,22-26,29H,9,12,17-18H2,1-5H3/t22-,23-,24+,25+,26-,36+/m1/s1. The van der Waals surface area contributed by atoms with Gasteiger partial charge in [0.1, 0.15) is 30.2 Å². The third-order valence-corrected chi connectivity index (χ3v) is 9.87. The van der Waals surface area contributed by atoms with E-state index >= 15 is 0 Å². The number of anilines is 1. The first-order valence-electron chi connectivity index (χ1n) is 12.9. The largest absolute Gasteiger partial charge is 0.371 e. The van der Waals surface area contributed by atoms with Crippen LogP contribution in [0.4, 0.5) is 5.69 Å². The van der Waals surface area contributed by atoms with Crippen molar-refractivity contribution in [2.45, 2.75) is 89.2 Å². The summed E-state index contributed by atoms with van der Waals surface area (Å²) < 4.78 is 46.2. The van der Waals surface area contributed by atoms with Crippen molar-refractivity contribution in [3.63, 3.8) is 0 Å². The normalized spacial score (nSPS) is 34.9. The van der Waals surface area contributed by atoms with Gasteiger partial charge in [-0.3, -0.25) is 4.57 Å². The van der Waals surface area contributed by atoms with Gasteiger partial charge in [0.2, 0.25) is 7.37 Å². The van der Waals surface area contributed by atoms with Gasteiger partial charge < -0.3 is 28.8 Å². The summed E-state index contributed by atoms with van der Waals surface area (Å²) >= 11 is 0. The minimum atomic E-state index is -3.27. The molecule has 3 aliphatic rings. The SMILES string of the molecule is Cc1ccc(N[C@H]2[C@H]3OC(C)(C)O[C@H]3[C@@H]([C@H]3COC(C)(C)O3)O[P@@]2(=O)CCCc2ccccc2)cc1. The van der Waals surface area contributed by atoms with Gasteiger partial charge in [0.25, 0.3) is 0 Å². The van der Waals surface area contributed by atoms with Crippen molar-refractivity contribution >= 4 is 13.1 Å². The number of rotatable bonds is 7. The molecule has 0 bridgehead atoms. The average molecular weight is 516 g/mol.